The third kappa shape index (κ3) is 21.1. The van der Waals surface area contributed by atoms with Gasteiger partial charge in [0, 0.05) is 63.5 Å². The topological polar surface area (TPSA) is 344 Å². The van der Waals surface area contributed by atoms with E-state index in [1.54, 1.807) is 4.90 Å². The molecule has 6 aliphatic heterocycles. The number of hydrogen-bond donors (Lipinski definition) is 7. The van der Waals surface area contributed by atoms with Crippen molar-refractivity contribution in [1.29, 1.82) is 0 Å². The van der Waals surface area contributed by atoms with Gasteiger partial charge in [0.15, 0.2) is 0 Å². The number of carboxylic acids is 1. The van der Waals surface area contributed by atoms with E-state index in [0.717, 1.165) is 188 Å². The lowest BCUT2D eigenvalue weighted by atomic mass is 9.98. The number of amides is 6. The molecular formula is C103H118N16O13. The minimum atomic E-state index is -0.798. The molecule has 12 aromatic rings. The molecule has 8 atom stereocenters. The lowest BCUT2D eigenvalue weighted by Crippen LogP contribution is -2.51. The molecule has 0 bridgehead atoms. The lowest BCUT2D eigenvalue weighted by molar-refractivity contribution is -0.145. The molecule has 0 aliphatic carbocycles. The molecule has 2 unspecified atom stereocenters. The predicted molar refractivity (Wildman–Crippen MR) is 504 cm³/mol. The van der Waals surface area contributed by atoms with Crippen molar-refractivity contribution in [3.63, 3.8) is 0 Å². The average molecular weight is 1790 g/mol. The molecule has 0 saturated carbocycles. The quantitative estimate of drug-likeness (QED) is 0.0310. The van der Waals surface area contributed by atoms with Gasteiger partial charge >= 0.3 is 24.2 Å². The Balaban J connectivity index is 0.000000166. The molecule has 132 heavy (non-hydrogen) atoms. The van der Waals surface area contributed by atoms with Crippen LogP contribution in [0.1, 0.15) is 171 Å². The Labute approximate surface area is 768 Å². The van der Waals surface area contributed by atoms with Crippen LogP contribution >= 0.6 is 0 Å². The SMILES string of the molecule is COC(=O)N[C@H](C(=O)N1CCC[C@H]1c1ncc(-c2ccc(-c3ccc4cc(-c5cnc([C@@H]6CCCN6C(=O)C(c6ccccc6)N6CCOCC6)[nH]5)ccc4c3)cc2)[nH]1)C(C)C.COC(=O)N[C@H](C(=O)N1CCC[C@H]1c1ncc(-c2ccc(-c3ccc4cc(-c5cnc([C@@H]6CCCN6C(=O)OC(C)(C)C)[nH]5)ccc4c3)cc2)[nH]1)C(C)C.O=C(O)C(c1ccccc1)N1CCOCC1. The smallest absolute Gasteiger partial charge is 0.410 e. The fraction of sp³-hybridized carbons (Fsp3) is 0.388. The van der Waals surface area contributed by atoms with Crippen LogP contribution in [0, 0.1) is 11.8 Å². The second-order valence-electron chi connectivity index (χ2n) is 36.3. The van der Waals surface area contributed by atoms with Gasteiger partial charge in [-0.25, -0.2) is 34.3 Å². The Bertz CT molecular complexity index is 6020. The van der Waals surface area contributed by atoms with Gasteiger partial charge < -0.3 is 74.1 Å². The van der Waals surface area contributed by atoms with Crippen LogP contribution in [0.3, 0.4) is 0 Å². The van der Waals surface area contributed by atoms with E-state index in [-0.39, 0.29) is 65.9 Å². The summed E-state index contributed by atoms with van der Waals surface area (Å²) in [6, 6.07) is 59.2. The third-order valence-corrected chi connectivity index (χ3v) is 25.8. The summed E-state index contributed by atoms with van der Waals surface area (Å²) < 4.78 is 26.0. The number of fused-ring (bicyclic) bond motifs is 2. The van der Waals surface area contributed by atoms with Gasteiger partial charge in [-0.2, -0.15) is 0 Å². The van der Waals surface area contributed by atoms with E-state index in [4.69, 9.17) is 33.7 Å². The Morgan fingerprint density at radius 2 is 0.689 bits per heavy atom. The second kappa shape index (κ2) is 41.4. The molecule has 29 heteroatoms. The minimum Gasteiger partial charge on any atom is -0.480 e. The second-order valence-corrected chi connectivity index (χ2v) is 36.3. The molecule has 6 saturated heterocycles. The van der Waals surface area contributed by atoms with Crippen LogP contribution in [-0.2, 0) is 42.9 Å². The minimum absolute atomic E-state index is 0.0953. The van der Waals surface area contributed by atoms with Gasteiger partial charge in [0.25, 0.3) is 0 Å². The Hall–Kier alpha value is -13.4. The Kier molecular flexibility index (Phi) is 28.8. The van der Waals surface area contributed by atoms with Crippen LogP contribution in [0.25, 0.3) is 88.8 Å². The summed E-state index contributed by atoms with van der Waals surface area (Å²) in [5, 5.41) is 19.2. The summed E-state index contributed by atoms with van der Waals surface area (Å²) >= 11 is 0. The Morgan fingerprint density at radius 3 is 1.04 bits per heavy atom. The van der Waals surface area contributed by atoms with Crippen LogP contribution in [0.5, 0.6) is 0 Å². The first-order valence-corrected chi connectivity index (χ1v) is 46.0. The zero-order valence-corrected chi connectivity index (χ0v) is 76.4. The molecule has 4 aromatic heterocycles. The van der Waals surface area contributed by atoms with Gasteiger partial charge in [0.1, 0.15) is 53.1 Å². The number of aromatic amines is 4. The number of benzene rings is 8. The molecule has 18 rings (SSSR count). The van der Waals surface area contributed by atoms with Crippen LogP contribution in [0.15, 0.2) is 207 Å². The van der Waals surface area contributed by atoms with Crippen LogP contribution in [0.4, 0.5) is 14.4 Å². The number of nitrogens with one attached hydrogen (secondary N) is 6. The number of morpholine rings is 2. The summed E-state index contributed by atoms with van der Waals surface area (Å²) in [6.07, 6.45) is 12.7. The molecule has 8 aromatic carbocycles. The van der Waals surface area contributed by atoms with Gasteiger partial charge in [0.2, 0.25) is 17.7 Å². The van der Waals surface area contributed by atoms with Crippen molar-refractivity contribution in [2.24, 2.45) is 11.8 Å². The van der Waals surface area contributed by atoms with Gasteiger partial charge in [-0.3, -0.25) is 33.9 Å². The monoisotopic (exact) mass is 1790 g/mol. The highest BCUT2D eigenvalue weighted by molar-refractivity contribution is 5.93. The molecule has 6 amide bonds. The molecule has 688 valence electrons. The fourth-order valence-electron chi connectivity index (χ4n) is 18.9. The summed E-state index contributed by atoms with van der Waals surface area (Å²) in [6.45, 7) is 21.1. The Morgan fingerprint density at radius 1 is 0.386 bits per heavy atom. The number of alkyl carbamates (subject to hydrolysis) is 2. The number of likely N-dealkylation sites (tertiary alicyclic amines) is 4. The number of nitrogens with zero attached hydrogens (tertiary/aromatic N) is 10. The van der Waals surface area contributed by atoms with Crippen molar-refractivity contribution in [3.05, 3.63) is 241 Å². The first kappa shape index (κ1) is 91.9. The maximum Gasteiger partial charge on any atom is 0.410 e. The molecule has 10 heterocycles. The van der Waals surface area contributed by atoms with Crippen molar-refractivity contribution in [2.45, 2.75) is 154 Å². The predicted octanol–water partition coefficient (Wildman–Crippen LogP) is 17.6. The largest absolute Gasteiger partial charge is 0.480 e. The highest BCUT2D eigenvalue weighted by atomic mass is 16.6. The zero-order valence-electron chi connectivity index (χ0n) is 76.4. The van der Waals surface area contributed by atoms with Crippen LogP contribution < -0.4 is 10.6 Å². The first-order valence-electron chi connectivity index (χ1n) is 46.0. The van der Waals surface area contributed by atoms with E-state index in [1.165, 1.54) is 14.2 Å². The number of carboxylic acid groups (broad SMARTS) is 1. The van der Waals surface area contributed by atoms with E-state index in [2.05, 4.69) is 179 Å². The van der Waals surface area contributed by atoms with E-state index in [0.29, 0.717) is 65.7 Å². The van der Waals surface area contributed by atoms with Crippen molar-refractivity contribution >= 4 is 63.5 Å². The van der Waals surface area contributed by atoms with Crippen molar-refractivity contribution in [3.8, 4) is 67.3 Å². The number of hydrogen-bond acceptors (Lipinski definition) is 18. The third-order valence-electron chi connectivity index (χ3n) is 25.8. The van der Waals surface area contributed by atoms with Crippen LogP contribution in [0.2, 0.25) is 0 Å². The lowest BCUT2D eigenvalue weighted by Gasteiger charge is -2.37. The molecule has 6 aliphatic rings. The van der Waals surface area contributed by atoms with Gasteiger partial charge in [-0.05, 0) is 174 Å². The molecule has 7 N–H and O–H groups in total. The molecule has 6 fully saturated rings. The van der Waals surface area contributed by atoms with Crippen molar-refractivity contribution in [1.82, 2.24) is 79.9 Å². The number of methoxy groups -OCH3 is 2. The van der Waals surface area contributed by atoms with E-state index in [1.807, 2.05) is 141 Å². The number of aromatic nitrogens is 8. The molecule has 0 spiro atoms. The van der Waals surface area contributed by atoms with Crippen LogP contribution in [-0.4, -0.2) is 227 Å². The van der Waals surface area contributed by atoms with Gasteiger partial charge in [0.05, 0.1) is 112 Å². The van der Waals surface area contributed by atoms with Gasteiger partial charge in [-0.15, -0.1) is 0 Å². The van der Waals surface area contributed by atoms with E-state index >= 15 is 0 Å². The normalized spacial score (nSPS) is 18.7. The van der Waals surface area contributed by atoms with Crippen molar-refractivity contribution in [2.75, 3.05) is 93.0 Å². The summed E-state index contributed by atoms with van der Waals surface area (Å²) in [4.78, 5) is 134. The number of rotatable bonds is 22. The average Bonchev–Trinajstić information content (AvgIpc) is 1.49. The zero-order chi connectivity index (χ0) is 92.3. The van der Waals surface area contributed by atoms with Crippen molar-refractivity contribution < 1.29 is 62.4 Å². The van der Waals surface area contributed by atoms with Gasteiger partial charge in [-0.1, -0.05) is 185 Å². The number of H-pyrrole nitrogens is 4. The van der Waals surface area contributed by atoms with E-state index < -0.39 is 41.9 Å². The maximum absolute atomic E-state index is 14.4. The number of carbonyl (C=O) groups is 7. The summed E-state index contributed by atoms with van der Waals surface area (Å²) in [7, 11) is 2.59. The molecule has 0 radical (unpaired) electrons. The van der Waals surface area contributed by atoms with E-state index in [9.17, 15) is 38.7 Å². The molecular weight excluding hydrogens is 1670 g/mol. The molecule has 29 nitrogen and oxygen atoms in total. The summed E-state index contributed by atoms with van der Waals surface area (Å²) in [5.74, 6) is 1.95. The summed E-state index contributed by atoms with van der Waals surface area (Å²) in [5.41, 5.74) is 13.4. The number of carbonyl (C=O) groups excluding carboxylic acids is 6. The highest BCUT2D eigenvalue weighted by Crippen LogP contribution is 2.42. The first-order chi connectivity index (χ1) is 63.9. The number of aliphatic carboxylic acids is 1. The fourth-order valence-corrected chi connectivity index (χ4v) is 18.9. The number of ether oxygens (including phenoxy) is 5. The number of imidazole rings is 4. The standard InChI is InChI=1S/C49H54N8O5.C42H49N7O5.C12H15NO3/c1-31(2)43(54-49(60)61-3)47(58)56-21-7-11-41(56)45-50-29-39(52-45)33-15-13-32(14-16-33)35-17-18-37-28-38(20-19-36(37)27-35)40-30-51-46(53-40)42-12-8-22-57(42)48(59)44(34-9-5-4-6-10-34)55-23-25-62-26-24-55;1-25(2)36(47-40(51)53-6)39(50)48-19-7-9-34(48)37-43-23-32(45-37)27-13-11-26(12-14-27)28-15-16-30-22-31(18-17-29(30)21-28)33-24-44-38(46-33)35-10-8-20-49(35)41(52)54-42(3,4)5;14-12(15)11(10-4-2-1-3-5-10)13-6-8-16-9-7-13/h4-6,9-10,13-20,27-31,41-44H,7-8,11-12,21-26H2,1-3H3,(H,50,52)(H,51,53)(H,54,60);11-18,21-25,34-36H,7-10,19-20H2,1-6H3,(H,43,45)(H,44,46)(H,47,51);1-5,11H,6-9H2,(H,14,15)/t41-,42-,43-,44?;34-,35-,36-;/m00./s1. The highest BCUT2D eigenvalue weighted by Gasteiger charge is 2.43. The maximum atomic E-state index is 14.4.